The molecule has 1 heterocycles. The van der Waals surface area contributed by atoms with Crippen LogP contribution in [0.1, 0.15) is 6.42 Å². The van der Waals surface area contributed by atoms with E-state index in [2.05, 4.69) is 10.1 Å². The van der Waals surface area contributed by atoms with Crippen molar-refractivity contribution in [3.05, 3.63) is 48.5 Å². The quantitative estimate of drug-likeness (QED) is 0.793. The summed E-state index contributed by atoms with van der Waals surface area (Å²) in [5.41, 5.74) is 1.05. The van der Waals surface area contributed by atoms with E-state index >= 15 is 0 Å². The number of nitrogens with zero attached hydrogens (tertiary/aromatic N) is 1. The Labute approximate surface area is 165 Å². The van der Waals surface area contributed by atoms with Crippen LogP contribution in [-0.2, 0) is 9.59 Å². The molecule has 2 aromatic carbocycles. The molecule has 0 radical (unpaired) electrons. The van der Waals surface area contributed by atoms with Crippen molar-refractivity contribution >= 4 is 23.2 Å². The van der Waals surface area contributed by atoms with Gasteiger partial charge in [0.15, 0.2) is 6.61 Å². The van der Waals surface area contributed by atoms with Gasteiger partial charge >= 0.3 is 6.18 Å². The molecule has 2 amide bonds. The van der Waals surface area contributed by atoms with Gasteiger partial charge in [-0.05, 0) is 36.4 Å². The summed E-state index contributed by atoms with van der Waals surface area (Å²) in [5.74, 6) is -0.409. The molecule has 0 aliphatic carbocycles. The normalized spacial score (nSPS) is 16.6. The first-order chi connectivity index (χ1) is 13.7. The van der Waals surface area contributed by atoms with Gasteiger partial charge in [0.1, 0.15) is 11.5 Å². The van der Waals surface area contributed by atoms with Gasteiger partial charge in [0, 0.05) is 30.4 Å². The van der Waals surface area contributed by atoms with Crippen LogP contribution in [0.5, 0.6) is 11.5 Å². The van der Waals surface area contributed by atoms with Crippen molar-refractivity contribution in [1.29, 1.82) is 0 Å². The molecule has 0 saturated carbocycles. The van der Waals surface area contributed by atoms with Gasteiger partial charge in [-0.15, -0.1) is 0 Å². The number of alkyl halides is 3. The average Bonchev–Trinajstić information content (AvgIpc) is 3.09. The zero-order chi connectivity index (χ0) is 21.0. The van der Waals surface area contributed by atoms with Crippen molar-refractivity contribution in [2.75, 3.05) is 30.5 Å². The topological polar surface area (TPSA) is 67.9 Å². The minimum atomic E-state index is -4.42. The van der Waals surface area contributed by atoms with Crippen molar-refractivity contribution < 1.29 is 32.2 Å². The first-order valence-electron chi connectivity index (χ1n) is 8.80. The summed E-state index contributed by atoms with van der Waals surface area (Å²) in [6.07, 6.45) is -4.35. The number of nitrogens with one attached hydrogen (secondary N) is 1. The molecule has 1 saturated heterocycles. The summed E-state index contributed by atoms with van der Waals surface area (Å²) in [4.78, 5) is 26.4. The maximum Gasteiger partial charge on any atom is 0.422 e. The number of ether oxygens (including phenoxy) is 2. The number of anilines is 2. The largest absolute Gasteiger partial charge is 0.497 e. The van der Waals surface area contributed by atoms with Crippen LogP contribution in [0.3, 0.4) is 0 Å². The maximum absolute atomic E-state index is 12.5. The second-order valence-electron chi connectivity index (χ2n) is 6.52. The monoisotopic (exact) mass is 408 g/mol. The smallest absolute Gasteiger partial charge is 0.422 e. The molecule has 1 aliphatic heterocycles. The van der Waals surface area contributed by atoms with Crippen LogP contribution in [0, 0.1) is 5.92 Å². The van der Waals surface area contributed by atoms with Crippen LogP contribution in [0.15, 0.2) is 48.5 Å². The van der Waals surface area contributed by atoms with Crippen molar-refractivity contribution in [2.24, 2.45) is 5.92 Å². The SMILES string of the molecule is COc1cccc(N2C[C@@H](C(=O)Nc3ccc(OCC(F)(F)F)cc3)CC2=O)c1. The Morgan fingerprint density at radius 3 is 2.55 bits per heavy atom. The number of amides is 2. The highest BCUT2D eigenvalue weighted by molar-refractivity contribution is 6.03. The molecule has 2 aromatic rings. The lowest BCUT2D eigenvalue weighted by atomic mass is 10.1. The fourth-order valence-electron chi connectivity index (χ4n) is 2.96. The van der Waals surface area contributed by atoms with Gasteiger partial charge < -0.3 is 19.7 Å². The van der Waals surface area contributed by atoms with Crippen LogP contribution in [-0.4, -0.2) is 38.3 Å². The lowest BCUT2D eigenvalue weighted by Gasteiger charge is -2.17. The highest BCUT2D eigenvalue weighted by Crippen LogP contribution is 2.29. The number of methoxy groups -OCH3 is 1. The molecule has 1 atom stereocenters. The predicted molar refractivity (Wildman–Crippen MR) is 100 cm³/mol. The predicted octanol–water partition coefficient (Wildman–Crippen LogP) is 3.63. The lowest BCUT2D eigenvalue weighted by molar-refractivity contribution is -0.153. The van der Waals surface area contributed by atoms with Crippen molar-refractivity contribution in [1.82, 2.24) is 0 Å². The van der Waals surface area contributed by atoms with E-state index in [-0.39, 0.29) is 30.5 Å². The first-order valence-corrected chi connectivity index (χ1v) is 8.80. The van der Waals surface area contributed by atoms with Gasteiger partial charge in [-0.1, -0.05) is 6.07 Å². The second-order valence-corrected chi connectivity index (χ2v) is 6.52. The zero-order valence-electron chi connectivity index (χ0n) is 15.5. The van der Waals surface area contributed by atoms with E-state index in [1.807, 2.05) is 0 Å². The highest BCUT2D eigenvalue weighted by Gasteiger charge is 2.35. The molecular formula is C20H19F3N2O4. The van der Waals surface area contributed by atoms with E-state index in [1.165, 1.54) is 36.3 Å². The Bertz CT molecular complexity index is 884. The Morgan fingerprint density at radius 2 is 1.90 bits per heavy atom. The minimum absolute atomic E-state index is 0.0422. The number of halogens is 3. The number of benzene rings is 2. The van der Waals surface area contributed by atoms with E-state index < -0.39 is 18.7 Å². The Balaban J connectivity index is 1.59. The average molecular weight is 408 g/mol. The molecule has 0 spiro atoms. The molecule has 1 aliphatic rings. The van der Waals surface area contributed by atoms with E-state index in [0.717, 1.165) is 0 Å². The van der Waals surface area contributed by atoms with Crippen LogP contribution in [0.2, 0.25) is 0 Å². The van der Waals surface area contributed by atoms with Crippen molar-refractivity contribution in [3.8, 4) is 11.5 Å². The molecule has 154 valence electrons. The van der Waals surface area contributed by atoms with E-state index in [9.17, 15) is 22.8 Å². The molecule has 0 aromatic heterocycles. The van der Waals surface area contributed by atoms with Crippen molar-refractivity contribution in [3.63, 3.8) is 0 Å². The zero-order valence-corrected chi connectivity index (χ0v) is 15.5. The fourth-order valence-corrected chi connectivity index (χ4v) is 2.96. The third-order valence-corrected chi connectivity index (χ3v) is 4.39. The van der Waals surface area contributed by atoms with Gasteiger partial charge in [0.2, 0.25) is 11.8 Å². The molecule has 1 N–H and O–H groups in total. The molecule has 1 fully saturated rings. The summed E-state index contributed by atoms with van der Waals surface area (Å²) in [6, 6.07) is 12.6. The summed E-state index contributed by atoms with van der Waals surface area (Å²) < 4.78 is 46.3. The summed E-state index contributed by atoms with van der Waals surface area (Å²) >= 11 is 0. The molecule has 9 heteroatoms. The number of hydrogen-bond donors (Lipinski definition) is 1. The van der Waals surface area contributed by atoms with Gasteiger partial charge in [-0.3, -0.25) is 9.59 Å². The van der Waals surface area contributed by atoms with Crippen LogP contribution in [0.25, 0.3) is 0 Å². The van der Waals surface area contributed by atoms with E-state index in [4.69, 9.17) is 4.74 Å². The Kier molecular flexibility index (Phi) is 5.95. The molecule has 0 unspecified atom stereocenters. The molecule has 29 heavy (non-hydrogen) atoms. The Hall–Kier alpha value is -3.23. The molecule has 6 nitrogen and oxygen atoms in total. The number of carbonyl (C=O) groups excluding carboxylic acids is 2. The summed E-state index contributed by atoms with van der Waals surface area (Å²) in [5, 5.41) is 2.68. The van der Waals surface area contributed by atoms with Crippen molar-refractivity contribution in [2.45, 2.75) is 12.6 Å². The number of carbonyl (C=O) groups is 2. The minimum Gasteiger partial charge on any atom is -0.497 e. The maximum atomic E-state index is 12.5. The van der Waals surface area contributed by atoms with E-state index in [1.54, 1.807) is 24.3 Å². The number of hydrogen-bond acceptors (Lipinski definition) is 4. The Morgan fingerprint density at radius 1 is 1.17 bits per heavy atom. The van der Waals surface area contributed by atoms with Gasteiger partial charge in [0.25, 0.3) is 0 Å². The number of rotatable bonds is 6. The fraction of sp³-hybridized carbons (Fsp3) is 0.300. The highest BCUT2D eigenvalue weighted by atomic mass is 19.4. The van der Waals surface area contributed by atoms with E-state index in [0.29, 0.717) is 17.1 Å². The summed E-state index contributed by atoms with van der Waals surface area (Å²) in [7, 11) is 1.53. The van der Waals surface area contributed by atoms with Gasteiger partial charge in [-0.2, -0.15) is 13.2 Å². The first kappa shape index (κ1) is 20.5. The van der Waals surface area contributed by atoms with Gasteiger partial charge in [-0.25, -0.2) is 0 Å². The van der Waals surface area contributed by atoms with Gasteiger partial charge in [0.05, 0.1) is 13.0 Å². The third kappa shape index (κ3) is 5.40. The second kappa shape index (κ2) is 8.42. The molecule has 3 rings (SSSR count). The van der Waals surface area contributed by atoms with Crippen LogP contribution >= 0.6 is 0 Å². The van der Waals surface area contributed by atoms with Crippen LogP contribution < -0.4 is 19.7 Å². The summed E-state index contributed by atoms with van der Waals surface area (Å²) in [6.45, 7) is -1.16. The standard InChI is InChI=1S/C20H19F3N2O4/c1-28-17-4-2-3-15(10-17)25-11-13(9-18(25)26)19(27)24-14-5-7-16(8-6-14)29-12-20(21,22)23/h2-8,10,13H,9,11-12H2,1H3,(H,24,27)/t13-/m0/s1. The lowest BCUT2D eigenvalue weighted by Crippen LogP contribution is -2.28. The molecule has 0 bridgehead atoms. The third-order valence-electron chi connectivity index (χ3n) is 4.39. The van der Waals surface area contributed by atoms with Crippen LogP contribution in [0.4, 0.5) is 24.5 Å². The molecular weight excluding hydrogens is 389 g/mol.